The van der Waals surface area contributed by atoms with Gasteiger partial charge in [0.2, 0.25) is 0 Å². The molecule has 1 heterocycles. The molecule has 244 valence electrons. The van der Waals surface area contributed by atoms with Crippen molar-refractivity contribution in [2.24, 2.45) is 5.92 Å². The van der Waals surface area contributed by atoms with Crippen LogP contribution in [0.15, 0.2) is 95.5 Å². The summed E-state index contributed by atoms with van der Waals surface area (Å²) in [5.41, 5.74) is 6.55. The molecule has 0 N–H and O–H groups in total. The number of halogens is 3. The summed E-state index contributed by atoms with van der Waals surface area (Å²) >= 11 is 17.0. The van der Waals surface area contributed by atoms with Crippen LogP contribution in [0.25, 0.3) is 0 Å². The van der Waals surface area contributed by atoms with Crippen molar-refractivity contribution in [2.45, 2.75) is 77.7 Å². The molecule has 0 aromatic heterocycles. The van der Waals surface area contributed by atoms with Crippen LogP contribution in [0.3, 0.4) is 0 Å². The lowest BCUT2D eigenvalue weighted by atomic mass is 9.83. The Bertz CT molecular complexity index is 1520. The Hall–Kier alpha value is -2.38. The van der Waals surface area contributed by atoms with Crippen molar-refractivity contribution in [3.05, 3.63) is 134 Å². The zero-order valence-electron chi connectivity index (χ0n) is 26.8. The molecule has 4 nitrogen and oxygen atoms in total. The molecule has 46 heavy (non-hydrogen) atoms. The van der Waals surface area contributed by atoms with Crippen LogP contribution in [0, 0.1) is 5.92 Å². The standard InChI is InChI=1S/C39H43BrCl2O4/c1-4-27-16-18-28(19-17-27)22-31-23-32(34(40)38(35(31)42)43-21-20-41)37-39(45-25-30-14-10-7-11-15-30)36(26(3)33(5-2)46-37)44-24-29-12-8-6-9-13-29/h6-19,23,26,33,36-37,39H,4-5,20-22,24-25H2,1-3H3/t26-,33-,36+,37?,39-/m1/s1. The van der Waals surface area contributed by atoms with Gasteiger partial charge in [0.05, 0.1) is 40.8 Å². The van der Waals surface area contributed by atoms with E-state index in [1.807, 2.05) is 36.4 Å². The Balaban J connectivity index is 1.57. The van der Waals surface area contributed by atoms with Crippen LogP contribution in [0.2, 0.25) is 5.02 Å². The first-order valence-electron chi connectivity index (χ1n) is 16.2. The van der Waals surface area contributed by atoms with Crippen molar-refractivity contribution in [3.8, 4) is 5.75 Å². The molecule has 0 aliphatic carbocycles. The van der Waals surface area contributed by atoms with Crippen LogP contribution < -0.4 is 4.74 Å². The van der Waals surface area contributed by atoms with Crippen LogP contribution in [0.4, 0.5) is 0 Å². The van der Waals surface area contributed by atoms with Crippen LogP contribution in [-0.4, -0.2) is 30.8 Å². The molecule has 0 saturated carbocycles. The lowest BCUT2D eigenvalue weighted by molar-refractivity contribution is -0.235. The van der Waals surface area contributed by atoms with Gasteiger partial charge in [-0.25, -0.2) is 0 Å². The second-order valence-corrected chi connectivity index (χ2v) is 13.4. The van der Waals surface area contributed by atoms with Gasteiger partial charge >= 0.3 is 0 Å². The number of hydrogen-bond acceptors (Lipinski definition) is 4. The van der Waals surface area contributed by atoms with Gasteiger partial charge in [0.25, 0.3) is 0 Å². The molecule has 1 aliphatic heterocycles. The third kappa shape index (κ3) is 8.55. The van der Waals surface area contributed by atoms with Crippen LogP contribution in [0.5, 0.6) is 5.75 Å². The second-order valence-electron chi connectivity index (χ2n) is 11.9. The highest BCUT2D eigenvalue weighted by Gasteiger charge is 2.46. The van der Waals surface area contributed by atoms with Gasteiger partial charge in [-0.1, -0.05) is 117 Å². The highest BCUT2D eigenvalue weighted by atomic mass is 79.9. The molecule has 1 saturated heterocycles. The molecule has 0 amide bonds. The maximum Gasteiger partial charge on any atom is 0.152 e. The Labute approximate surface area is 292 Å². The summed E-state index contributed by atoms with van der Waals surface area (Å²) in [4.78, 5) is 0. The molecule has 7 heteroatoms. The van der Waals surface area contributed by atoms with E-state index in [0.29, 0.717) is 42.9 Å². The van der Waals surface area contributed by atoms with Gasteiger partial charge in [0.15, 0.2) is 5.75 Å². The number of hydrogen-bond donors (Lipinski definition) is 0. The van der Waals surface area contributed by atoms with E-state index in [1.54, 1.807) is 0 Å². The predicted octanol–water partition coefficient (Wildman–Crippen LogP) is 10.5. The van der Waals surface area contributed by atoms with Gasteiger partial charge < -0.3 is 18.9 Å². The first kappa shape index (κ1) is 34.9. The van der Waals surface area contributed by atoms with Crippen LogP contribution in [0.1, 0.15) is 66.7 Å². The molecule has 1 aliphatic rings. The van der Waals surface area contributed by atoms with E-state index in [9.17, 15) is 0 Å². The highest BCUT2D eigenvalue weighted by Crippen LogP contribution is 2.47. The molecule has 0 radical (unpaired) electrons. The van der Waals surface area contributed by atoms with Crippen LogP contribution >= 0.6 is 39.1 Å². The summed E-state index contributed by atoms with van der Waals surface area (Å²) in [7, 11) is 0. The summed E-state index contributed by atoms with van der Waals surface area (Å²) in [6.45, 7) is 7.76. The smallest absolute Gasteiger partial charge is 0.152 e. The first-order valence-corrected chi connectivity index (χ1v) is 17.9. The van der Waals surface area contributed by atoms with E-state index >= 15 is 0 Å². The number of rotatable bonds is 14. The molecule has 1 unspecified atom stereocenters. The van der Waals surface area contributed by atoms with E-state index in [-0.39, 0.29) is 18.1 Å². The third-order valence-corrected chi connectivity index (χ3v) is 10.1. The van der Waals surface area contributed by atoms with E-state index in [2.05, 4.69) is 91.3 Å². The Morgan fingerprint density at radius 3 is 1.93 bits per heavy atom. The first-order chi connectivity index (χ1) is 22.4. The van der Waals surface area contributed by atoms with Crippen molar-refractivity contribution >= 4 is 39.1 Å². The summed E-state index contributed by atoms with van der Waals surface area (Å²) in [6, 6.07) is 31.3. The Morgan fingerprint density at radius 2 is 1.37 bits per heavy atom. The highest BCUT2D eigenvalue weighted by molar-refractivity contribution is 9.10. The lowest BCUT2D eigenvalue weighted by Crippen LogP contribution is -2.51. The van der Waals surface area contributed by atoms with Gasteiger partial charge in [-0.05, 0) is 69.1 Å². The molecule has 1 fully saturated rings. The molecular weight excluding hydrogens is 683 g/mol. The fraction of sp³-hybridized carbons (Fsp3) is 0.385. The number of benzene rings is 4. The molecule has 4 aromatic rings. The SMILES string of the molecule is CCc1ccc(Cc2cc(C3O[C@H](CC)[C@@H](C)[C@H](OCc4ccccc4)[C@H]3OCc3ccccc3)c(Br)c(OCCCl)c2Cl)cc1. The average molecular weight is 727 g/mol. The van der Waals surface area contributed by atoms with E-state index < -0.39 is 12.2 Å². The molecule has 5 rings (SSSR count). The van der Waals surface area contributed by atoms with Gasteiger partial charge in [-0.2, -0.15) is 0 Å². The van der Waals surface area contributed by atoms with E-state index in [4.69, 9.17) is 42.1 Å². The fourth-order valence-corrected chi connectivity index (χ4v) is 7.27. The summed E-state index contributed by atoms with van der Waals surface area (Å²) in [6.07, 6.45) is 1.35. The minimum absolute atomic E-state index is 0.0397. The second kappa shape index (κ2) is 17.1. The number of aryl methyl sites for hydroxylation is 1. The molecule has 0 bridgehead atoms. The Kier molecular flexibility index (Phi) is 13.0. The minimum atomic E-state index is -0.447. The molecular formula is C39H43BrCl2O4. The molecule has 0 spiro atoms. The quantitative estimate of drug-likeness (QED) is 0.121. The third-order valence-electron chi connectivity index (χ3n) is 8.74. The average Bonchev–Trinajstić information content (AvgIpc) is 3.09. The van der Waals surface area contributed by atoms with Gasteiger partial charge in [-0.3, -0.25) is 0 Å². The fourth-order valence-electron chi connectivity index (χ4n) is 6.16. The van der Waals surface area contributed by atoms with Gasteiger partial charge in [0.1, 0.15) is 18.8 Å². The van der Waals surface area contributed by atoms with Crippen molar-refractivity contribution in [1.82, 2.24) is 0 Å². The topological polar surface area (TPSA) is 36.9 Å². The summed E-state index contributed by atoms with van der Waals surface area (Å²) in [5.74, 6) is 1.01. The van der Waals surface area contributed by atoms with Crippen molar-refractivity contribution < 1.29 is 18.9 Å². The number of ether oxygens (including phenoxy) is 4. The maximum atomic E-state index is 7.08. The zero-order chi connectivity index (χ0) is 32.5. The minimum Gasteiger partial charge on any atom is -0.490 e. The lowest BCUT2D eigenvalue weighted by Gasteiger charge is -2.46. The normalized spacial score (nSPS) is 21.3. The zero-order valence-corrected chi connectivity index (χ0v) is 29.9. The van der Waals surface area contributed by atoms with E-state index in [1.165, 1.54) is 11.1 Å². The van der Waals surface area contributed by atoms with Crippen molar-refractivity contribution in [3.63, 3.8) is 0 Å². The van der Waals surface area contributed by atoms with E-state index in [0.717, 1.165) is 39.6 Å². The monoisotopic (exact) mass is 724 g/mol. The largest absolute Gasteiger partial charge is 0.490 e. The van der Waals surface area contributed by atoms with Gasteiger partial charge in [0, 0.05) is 11.5 Å². The summed E-state index contributed by atoms with van der Waals surface area (Å²) in [5, 5.41) is 0.565. The predicted molar refractivity (Wildman–Crippen MR) is 191 cm³/mol. The molecule has 5 atom stereocenters. The Morgan fingerprint density at radius 1 is 0.783 bits per heavy atom. The molecule has 4 aromatic carbocycles. The van der Waals surface area contributed by atoms with Crippen LogP contribution in [-0.2, 0) is 40.3 Å². The number of alkyl halides is 1. The van der Waals surface area contributed by atoms with Crippen molar-refractivity contribution in [1.29, 1.82) is 0 Å². The maximum absolute atomic E-state index is 7.08. The van der Waals surface area contributed by atoms with Gasteiger partial charge in [-0.15, -0.1) is 11.6 Å². The van der Waals surface area contributed by atoms with Crippen molar-refractivity contribution in [2.75, 3.05) is 12.5 Å². The summed E-state index contributed by atoms with van der Waals surface area (Å²) < 4.78 is 27.5.